The second-order valence-electron chi connectivity index (χ2n) is 5.25. The van der Waals surface area contributed by atoms with E-state index in [4.69, 9.17) is 4.42 Å². The van der Waals surface area contributed by atoms with Gasteiger partial charge in [0.15, 0.2) is 0 Å². The fourth-order valence-corrected chi connectivity index (χ4v) is 3.04. The molecule has 9 nitrogen and oxygen atoms in total. The average molecular weight is 344 g/mol. The van der Waals surface area contributed by atoms with Gasteiger partial charge in [-0.05, 0) is 12.1 Å². The highest BCUT2D eigenvalue weighted by Crippen LogP contribution is 2.05. The lowest BCUT2D eigenvalue weighted by Gasteiger charge is -2.32. The lowest BCUT2D eigenvalue weighted by Crippen LogP contribution is -2.52. The van der Waals surface area contributed by atoms with Gasteiger partial charge in [-0.25, -0.2) is 13.2 Å². The number of hydrogen-bond donors (Lipinski definition) is 2. The molecule has 2 heterocycles. The van der Waals surface area contributed by atoms with Crippen molar-refractivity contribution >= 4 is 22.0 Å². The Morgan fingerprint density at radius 3 is 2.52 bits per heavy atom. The molecule has 1 aliphatic rings. The normalized spacial score (nSPS) is 16.9. The topological polar surface area (TPSA) is 112 Å². The minimum absolute atomic E-state index is 0.0474. The van der Waals surface area contributed by atoms with E-state index < -0.39 is 22.0 Å². The maximum atomic E-state index is 11.8. The molecule has 3 amide bonds. The minimum Gasteiger partial charge on any atom is -0.467 e. The first-order chi connectivity index (χ1) is 10.8. The van der Waals surface area contributed by atoms with Gasteiger partial charge >= 0.3 is 6.03 Å². The smallest absolute Gasteiger partial charge is 0.321 e. The Kier molecular flexibility index (Phi) is 5.74. The third-order valence-corrected chi connectivity index (χ3v) is 4.73. The van der Waals surface area contributed by atoms with Crippen molar-refractivity contribution in [1.29, 1.82) is 0 Å². The van der Waals surface area contributed by atoms with Crippen LogP contribution in [0.2, 0.25) is 0 Å². The number of nitrogens with one attached hydrogen (secondary N) is 2. The number of rotatable bonds is 5. The van der Waals surface area contributed by atoms with Gasteiger partial charge < -0.3 is 9.73 Å². The van der Waals surface area contributed by atoms with E-state index >= 15 is 0 Å². The molecular weight excluding hydrogens is 324 g/mol. The van der Waals surface area contributed by atoms with E-state index in [1.807, 2.05) is 0 Å². The van der Waals surface area contributed by atoms with Crippen molar-refractivity contribution in [2.45, 2.75) is 6.54 Å². The van der Waals surface area contributed by atoms with Gasteiger partial charge in [-0.2, -0.15) is 4.31 Å². The molecule has 0 atom stereocenters. The fourth-order valence-electron chi connectivity index (χ4n) is 2.21. The molecule has 0 unspecified atom stereocenters. The monoisotopic (exact) mass is 344 g/mol. The molecule has 2 rings (SSSR count). The number of piperazine rings is 1. The molecule has 23 heavy (non-hydrogen) atoms. The summed E-state index contributed by atoms with van der Waals surface area (Å²) in [5.74, 6) is 0.152. The van der Waals surface area contributed by atoms with E-state index in [9.17, 15) is 18.0 Å². The van der Waals surface area contributed by atoms with Crippen LogP contribution in [-0.2, 0) is 21.4 Å². The molecule has 1 aromatic heterocycles. The number of nitrogens with zero attached hydrogens (tertiary/aromatic N) is 2. The van der Waals surface area contributed by atoms with Crippen LogP contribution in [0.4, 0.5) is 4.79 Å². The Bertz CT molecular complexity index is 635. The molecule has 0 spiro atoms. The van der Waals surface area contributed by atoms with Crippen molar-refractivity contribution in [3.05, 3.63) is 24.2 Å². The summed E-state index contributed by atoms with van der Waals surface area (Å²) in [5.41, 5.74) is 0. The number of hydrogen-bond acceptors (Lipinski definition) is 6. The summed E-state index contributed by atoms with van der Waals surface area (Å²) >= 11 is 0. The number of amides is 3. The highest BCUT2D eigenvalue weighted by atomic mass is 32.2. The molecule has 0 aliphatic carbocycles. The van der Waals surface area contributed by atoms with Crippen molar-refractivity contribution < 1.29 is 22.4 Å². The maximum Gasteiger partial charge on any atom is 0.321 e. The number of sulfonamides is 1. The van der Waals surface area contributed by atoms with Gasteiger partial charge in [0, 0.05) is 26.2 Å². The van der Waals surface area contributed by atoms with Crippen molar-refractivity contribution in [3.63, 3.8) is 0 Å². The van der Waals surface area contributed by atoms with Gasteiger partial charge in [-0.1, -0.05) is 0 Å². The molecule has 0 saturated carbocycles. The first-order valence-electron chi connectivity index (χ1n) is 7.12. The number of imide groups is 1. The van der Waals surface area contributed by atoms with Crippen LogP contribution in [-0.4, -0.2) is 68.5 Å². The van der Waals surface area contributed by atoms with E-state index in [1.165, 1.54) is 16.8 Å². The summed E-state index contributed by atoms with van der Waals surface area (Å²) in [6.45, 7) is 1.83. The van der Waals surface area contributed by atoms with Crippen LogP contribution in [0.25, 0.3) is 0 Å². The Morgan fingerprint density at radius 1 is 1.26 bits per heavy atom. The Hall–Kier alpha value is -1.91. The fraction of sp³-hybridized carbons (Fsp3) is 0.538. The third-order valence-electron chi connectivity index (χ3n) is 3.42. The van der Waals surface area contributed by atoms with Crippen molar-refractivity contribution in [2.75, 3.05) is 39.0 Å². The molecular formula is C13H20N4O5S. The van der Waals surface area contributed by atoms with Gasteiger partial charge in [0.1, 0.15) is 5.76 Å². The van der Waals surface area contributed by atoms with Crippen LogP contribution in [0, 0.1) is 0 Å². The summed E-state index contributed by atoms with van der Waals surface area (Å²) in [4.78, 5) is 25.2. The van der Waals surface area contributed by atoms with Crippen molar-refractivity contribution in [1.82, 2.24) is 19.8 Å². The minimum atomic E-state index is -3.19. The highest BCUT2D eigenvalue weighted by Gasteiger charge is 2.24. The van der Waals surface area contributed by atoms with Gasteiger partial charge in [0.05, 0.1) is 25.6 Å². The largest absolute Gasteiger partial charge is 0.467 e. The zero-order valence-corrected chi connectivity index (χ0v) is 13.6. The molecule has 1 aromatic rings. The predicted molar refractivity (Wildman–Crippen MR) is 81.9 cm³/mol. The van der Waals surface area contributed by atoms with E-state index in [0.29, 0.717) is 31.9 Å². The standard InChI is InChI=1S/C13H20N4O5S/c1-23(20,21)17-6-4-16(5-7-17)10-12(18)15-13(19)14-9-11-3-2-8-22-11/h2-3,8H,4-7,9-10H2,1H3,(H2,14,15,18,19). The van der Waals surface area contributed by atoms with Gasteiger partial charge in [0.2, 0.25) is 15.9 Å². The summed E-state index contributed by atoms with van der Waals surface area (Å²) in [7, 11) is -3.19. The zero-order valence-electron chi connectivity index (χ0n) is 12.8. The number of carbonyl (C=O) groups is 2. The van der Waals surface area contributed by atoms with Crippen LogP contribution < -0.4 is 10.6 Å². The zero-order chi connectivity index (χ0) is 16.9. The lowest BCUT2D eigenvalue weighted by molar-refractivity contribution is -0.121. The maximum absolute atomic E-state index is 11.8. The summed E-state index contributed by atoms with van der Waals surface area (Å²) in [6, 6.07) is 2.82. The van der Waals surface area contributed by atoms with E-state index in [1.54, 1.807) is 17.0 Å². The predicted octanol–water partition coefficient (Wildman–Crippen LogP) is -0.817. The molecule has 1 aliphatic heterocycles. The van der Waals surface area contributed by atoms with E-state index in [-0.39, 0.29) is 13.1 Å². The molecule has 1 saturated heterocycles. The SMILES string of the molecule is CS(=O)(=O)N1CCN(CC(=O)NC(=O)NCc2ccco2)CC1. The lowest BCUT2D eigenvalue weighted by atomic mass is 10.3. The molecule has 128 valence electrons. The quantitative estimate of drug-likeness (QED) is 0.722. The Labute approximate surface area is 134 Å². The van der Waals surface area contributed by atoms with Gasteiger partial charge in [-0.15, -0.1) is 0 Å². The molecule has 0 aromatic carbocycles. The van der Waals surface area contributed by atoms with E-state index in [2.05, 4.69) is 10.6 Å². The van der Waals surface area contributed by atoms with Gasteiger partial charge in [-0.3, -0.25) is 15.0 Å². The molecule has 0 radical (unpaired) electrons. The number of urea groups is 1. The van der Waals surface area contributed by atoms with Crippen molar-refractivity contribution in [2.24, 2.45) is 0 Å². The summed E-state index contributed by atoms with van der Waals surface area (Å²) < 4.78 is 29.2. The second kappa shape index (κ2) is 7.57. The van der Waals surface area contributed by atoms with E-state index in [0.717, 1.165) is 0 Å². The third kappa shape index (κ3) is 5.66. The Morgan fingerprint density at radius 2 is 1.96 bits per heavy atom. The molecule has 1 fully saturated rings. The van der Waals surface area contributed by atoms with Crippen LogP contribution >= 0.6 is 0 Å². The highest BCUT2D eigenvalue weighted by molar-refractivity contribution is 7.88. The second-order valence-corrected chi connectivity index (χ2v) is 7.23. The first kappa shape index (κ1) is 17.4. The Balaban J connectivity index is 1.68. The average Bonchev–Trinajstić information content (AvgIpc) is 2.98. The van der Waals surface area contributed by atoms with Crippen molar-refractivity contribution in [3.8, 4) is 0 Å². The summed E-state index contributed by atoms with van der Waals surface area (Å²) in [6.07, 6.45) is 2.66. The first-order valence-corrected chi connectivity index (χ1v) is 8.97. The van der Waals surface area contributed by atoms with Crippen LogP contribution in [0.15, 0.2) is 22.8 Å². The number of furan rings is 1. The van der Waals surface area contributed by atoms with Crippen LogP contribution in [0.5, 0.6) is 0 Å². The molecule has 2 N–H and O–H groups in total. The molecule has 10 heteroatoms. The number of carbonyl (C=O) groups excluding carboxylic acids is 2. The van der Waals surface area contributed by atoms with Gasteiger partial charge in [0.25, 0.3) is 0 Å². The van der Waals surface area contributed by atoms with Crippen LogP contribution in [0.1, 0.15) is 5.76 Å². The molecule has 0 bridgehead atoms. The van der Waals surface area contributed by atoms with Crippen LogP contribution in [0.3, 0.4) is 0 Å². The summed E-state index contributed by atoms with van der Waals surface area (Å²) in [5, 5.41) is 4.74.